The Hall–Kier alpha value is -1.71. The molecule has 2 heterocycles. The first-order chi connectivity index (χ1) is 11.7. The van der Waals surface area contributed by atoms with Gasteiger partial charge >= 0.3 is 0 Å². The summed E-state index contributed by atoms with van der Waals surface area (Å²) in [7, 11) is 0. The number of anilines is 1. The Morgan fingerprint density at radius 1 is 1.29 bits per heavy atom. The van der Waals surface area contributed by atoms with Crippen LogP contribution in [0.15, 0.2) is 24.3 Å². The highest BCUT2D eigenvalue weighted by molar-refractivity contribution is 7.99. The quantitative estimate of drug-likeness (QED) is 0.905. The highest BCUT2D eigenvalue weighted by Crippen LogP contribution is 2.27. The van der Waals surface area contributed by atoms with Gasteiger partial charge in [-0.25, -0.2) is 0 Å². The summed E-state index contributed by atoms with van der Waals surface area (Å²) in [6.07, 6.45) is 0.722. The molecule has 0 spiro atoms. The standard InChI is InChI=1S/C18H24N4OS/c1-2-21-8-10-22(11-9-21)16-5-3-15(4-6-16)17(23)20-18(13-19)7-12-24-14-18/h3-6H,2,7-12,14H2,1H3,(H,20,23)/t18-/m1/s1. The largest absolute Gasteiger partial charge is 0.369 e. The summed E-state index contributed by atoms with van der Waals surface area (Å²) < 4.78 is 0. The van der Waals surface area contributed by atoms with E-state index in [1.165, 1.54) is 0 Å². The van der Waals surface area contributed by atoms with Crippen LogP contribution in [0.5, 0.6) is 0 Å². The number of nitrogens with one attached hydrogen (secondary N) is 1. The number of rotatable bonds is 4. The molecular formula is C18H24N4OS. The van der Waals surface area contributed by atoms with Crippen LogP contribution in [0.1, 0.15) is 23.7 Å². The third kappa shape index (κ3) is 3.68. The number of piperazine rings is 1. The van der Waals surface area contributed by atoms with E-state index in [2.05, 4.69) is 28.1 Å². The van der Waals surface area contributed by atoms with E-state index in [0.717, 1.165) is 50.6 Å². The molecule has 0 aromatic heterocycles. The van der Waals surface area contributed by atoms with Gasteiger partial charge in [0.15, 0.2) is 0 Å². The minimum atomic E-state index is -0.698. The van der Waals surface area contributed by atoms with Gasteiger partial charge in [-0.15, -0.1) is 0 Å². The van der Waals surface area contributed by atoms with Crippen molar-refractivity contribution in [1.29, 1.82) is 5.26 Å². The zero-order valence-electron chi connectivity index (χ0n) is 14.1. The number of carbonyl (C=O) groups excluding carboxylic acids is 1. The molecular weight excluding hydrogens is 320 g/mol. The zero-order valence-corrected chi connectivity index (χ0v) is 14.9. The molecule has 6 heteroatoms. The van der Waals surface area contributed by atoms with Gasteiger partial charge < -0.3 is 15.1 Å². The lowest BCUT2D eigenvalue weighted by atomic mass is 10.0. The fourth-order valence-corrected chi connectivity index (χ4v) is 4.48. The van der Waals surface area contributed by atoms with Crippen molar-refractivity contribution in [1.82, 2.24) is 10.2 Å². The minimum absolute atomic E-state index is 0.151. The van der Waals surface area contributed by atoms with E-state index >= 15 is 0 Å². The van der Waals surface area contributed by atoms with Crippen molar-refractivity contribution in [2.75, 3.05) is 49.1 Å². The fraction of sp³-hybridized carbons (Fsp3) is 0.556. The van der Waals surface area contributed by atoms with E-state index in [4.69, 9.17) is 0 Å². The summed E-state index contributed by atoms with van der Waals surface area (Å²) in [5.41, 5.74) is 1.09. The van der Waals surface area contributed by atoms with E-state index < -0.39 is 5.54 Å². The van der Waals surface area contributed by atoms with Gasteiger partial charge in [0, 0.05) is 43.2 Å². The minimum Gasteiger partial charge on any atom is -0.369 e. The molecule has 2 aliphatic rings. The Morgan fingerprint density at radius 2 is 2.00 bits per heavy atom. The number of carbonyl (C=O) groups is 1. The maximum absolute atomic E-state index is 12.4. The lowest BCUT2D eigenvalue weighted by Crippen LogP contribution is -2.47. The summed E-state index contributed by atoms with van der Waals surface area (Å²) in [6.45, 7) is 7.51. The molecule has 1 atom stereocenters. The van der Waals surface area contributed by atoms with E-state index in [1.54, 1.807) is 11.8 Å². The van der Waals surface area contributed by atoms with Crippen LogP contribution < -0.4 is 10.2 Å². The molecule has 128 valence electrons. The molecule has 2 saturated heterocycles. The number of likely N-dealkylation sites (N-methyl/N-ethyl adjacent to an activating group) is 1. The second-order valence-electron chi connectivity index (χ2n) is 6.42. The number of amides is 1. The van der Waals surface area contributed by atoms with Crippen molar-refractivity contribution in [2.24, 2.45) is 0 Å². The number of hydrogen-bond donors (Lipinski definition) is 1. The normalized spacial score (nSPS) is 24.6. The lowest BCUT2D eigenvalue weighted by molar-refractivity contribution is 0.0926. The highest BCUT2D eigenvalue weighted by atomic mass is 32.2. The first kappa shape index (κ1) is 17.1. The van der Waals surface area contributed by atoms with Crippen LogP contribution in [-0.2, 0) is 0 Å². The Morgan fingerprint density at radius 3 is 2.54 bits per heavy atom. The smallest absolute Gasteiger partial charge is 0.252 e. The first-order valence-electron chi connectivity index (χ1n) is 8.55. The van der Waals surface area contributed by atoms with Crippen LogP contribution in [0.4, 0.5) is 5.69 Å². The number of benzene rings is 1. The molecule has 3 rings (SSSR count). The predicted octanol–water partition coefficient (Wildman–Crippen LogP) is 1.96. The number of nitrogens with zero attached hydrogens (tertiary/aromatic N) is 3. The van der Waals surface area contributed by atoms with Crippen LogP contribution in [-0.4, -0.2) is 60.6 Å². The van der Waals surface area contributed by atoms with Gasteiger partial charge in [0.05, 0.1) is 6.07 Å². The average molecular weight is 344 g/mol. The highest BCUT2D eigenvalue weighted by Gasteiger charge is 2.36. The molecule has 2 fully saturated rings. The van der Waals surface area contributed by atoms with Crippen LogP contribution in [0, 0.1) is 11.3 Å². The van der Waals surface area contributed by atoms with Crippen LogP contribution in [0.3, 0.4) is 0 Å². The average Bonchev–Trinajstić information content (AvgIpc) is 3.11. The second kappa shape index (κ2) is 7.45. The Kier molecular flexibility index (Phi) is 5.32. The third-order valence-electron chi connectivity index (χ3n) is 4.90. The van der Waals surface area contributed by atoms with Gasteiger partial charge in [0.2, 0.25) is 0 Å². The zero-order chi connectivity index (χ0) is 17.0. The van der Waals surface area contributed by atoms with Gasteiger partial charge in [0.1, 0.15) is 5.54 Å². The topological polar surface area (TPSA) is 59.4 Å². The summed E-state index contributed by atoms with van der Waals surface area (Å²) in [6, 6.07) is 10.0. The van der Waals surface area contributed by atoms with Gasteiger partial charge in [0.25, 0.3) is 5.91 Å². The molecule has 24 heavy (non-hydrogen) atoms. The molecule has 0 aliphatic carbocycles. The second-order valence-corrected chi connectivity index (χ2v) is 7.52. The van der Waals surface area contributed by atoms with Gasteiger partial charge in [-0.3, -0.25) is 4.79 Å². The summed E-state index contributed by atoms with van der Waals surface area (Å²) in [5, 5.41) is 12.3. The molecule has 1 amide bonds. The number of thioether (sulfide) groups is 1. The maximum Gasteiger partial charge on any atom is 0.252 e. The molecule has 1 aromatic rings. The summed E-state index contributed by atoms with van der Waals surface area (Å²) >= 11 is 1.72. The summed E-state index contributed by atoms with van der Waals surface area (Å²) in [5.74, 6) is 1.45. The van der Waals surface area contributed by atoms with E-state index in [-0.39, 0.29) is 5.91 Å². The summed E-state index contributed by atoms with van der Waals surface area (Å²) in [4.78, 5) is 17.2. The molecule has 0 saturated carbocycles. The van der Waals surface area contributed by atoms with Crippen molar-refractivity contribution in [2.45, 2.75) is 18.9 Å². The number of nitriles is 1. The van der Waals surface area contributed by atoms with Gasteiger partial charge in [-0.2, -0.15) is 17.0 Å². The lowest BCUT2D eigenvalue weighted by Gasteiger charge is -2.35. The fourth-order valence-electron chi connectivity index (χ4n) is 3.22. The van der Waals surface area contributed by atoms with Crippen molar-refractivity contribution >= 4 is 23.4 Å². The molecule has 2 aliphatic heterocycles. The van der Waals surface area contributed by atoms with Crippen molar-refractivity contribution in [3.05, 3.63) is 29.8 Å². The molecule has 5 nitrogen and oxygen atoms in total. The van der Waals surface area contributed by atoms with Crippen molar-refractivity contribution in [3.63, 3.8) is 0 Å². The van der Waals surface area contributed by atoms with Crippen molar-refractivity contribution in [3.8, 4) is 6.07 Å². The van der Waals surface area contributed by atoms with Crippen molar-refractivity contribution < 1.29 is 4.79 Å². The van der Waals surface area contributed by atoms with Crippen LogP contribution >= 0.6 is 11.8 Å². The molecule has 0 radical (unpaired) electrons. The molecule has 0 unspecified atom stereocenters. The maximum atomic E-state index is 12.4. The first-order valence-corrected chi connectivity index (χ1v) is 9.70. The van der Waals surface area contributed by atoms with E-state index in [0.29, 0.717) is 11.3 Å². The molecule has 1 aromatic carbocycles. The Bertz CT molecular complexity index is 611. The molecule has 1 N–H and O–H groups in total. The Balaban J connectivity index is 1.62. The van der Waals surface area contributed by atoms with Gasteiger partial charge in [-0.1, -0.05) is 6.92 Å². The van der Waals surface area contributed by atoms with Gasteiger partial charge in [-0.05, 0) is 43.0 Å². The predicted molar refractivity (Wildman–Crippen MR) is 98.5 cm³/mol. The van der Waals surface area contributed by atoms with E-state index in [1.807, 2.05) is 24.3 Å². The Labute approximate surface area is 148 Å². The number of hydrogen-bond acceptors (Lipinski definition) is 5. The monoisotopic (exact) mass is 344 g/mol. The molecule has 0 bridgehead atoms. The SMILES string of the molecule is CCN1CCN(c2ccc(C(=O)N[C@@]3(C#N)CCSC3)cc2)CC1. The van der Waals surface area contributed by atoms with Crippen LogP contribution in [0.2, 0.25) is 0 Å². The third-order valence-corrected chi connectivity index (χ3v) is 6.09. The van der Waals surface area contributed by atoms with E-state index in [9.17, 15) is 10.1 Å². The van der Waals surface area contributed by atoms with Crippen LogP contribution in [0.25, 0.3) is 0 Å².